The number of amidine groups is 1. The molecule has 0 saturated carbocycles. The number of hydrogen-bond acceptors (Lipinski definition) is 3. The second-order valence-corrected chi connectivity index (χ2v) is 3.47. The number of nitrogens with one attached hydrogen (secondary N) is 1. The summed E-state index contributed by atoms with van der Waals surface area (Å²) in [6.45, 7) is 0.801. The first kappa shape index (κ1) is 9.71. The van der Waals surface area contributed by atoms with E-state index in [9.17, 15) is 4.79 Å². The Kier molecular flexibility index (Phi) is 2.67. The predicted octanol–water partition coefficient (Wildman–Crippen LogP) is 0.737. The summed E-state index contributed by atoms with van der Waals surface area (Å²) in [5, 5.41) is 11.8. The highest BCUT2D eigenvalue weighted by Crippen LogP contribution is 2.07. The van der Waals surface area contributed by atoms with Gasteiger partial charge in [0.15, 0.2) is 0 Å². The average Bonchev–Trinajstić information content (AvgIpc) is 2.30. The van der Waals surface area contributed by atoms with Crippen LogP contribution in [0.15, 0.2) is 35.3 Å². The lowest BCUT2D eigenvalue weighted by Crippen LogP contribution is -2.39. The summed E-state index contributed by atoms with van der Waals surface area (Å²) in [6.07, 6.45) is 0. The minimum Gasteiger partial charge on any atom is -0.481 e. The van der Waals surface area contributed by atoms with E-state index in [4.69, 9.17) is 5.11 Å². The Morgan fingerprint density at radius 2 is 2.13 bits per heavy atom. The van der Waals surface area contributed by atoms with E-state index in [1.54, 1.807) is 0 Å². The van der Waals surface area contributed by atoms with Gasteiger partial charge >= 0.3 is 5.97 Å². The molecular weight excluding hydrogens is 192 g/mol. The van der Waals surface area contributed by atoms with Crippen molar-refractivity contribution in [2.75, 3.05) is 13.1 Å². The highest BCUT2D eigenvalue weighted by Gasteiger charge is 2.21. The minimum absolute atomic E-state index is 0.354. The SMILES string of the molecule is O=C(O)[C@@H]1CN=C(c2ccccc2)NC1. The Morgan fingerprint density at radius 1 is 1.40 bits per heavy atom. The molecule has 1 aromatic carbocycles. The smallest absolute Gasteiger partial charge is 0.310 e. The molecule has 1 aromatic rings. The van der Waals surface area contributed by atoms with E-state index in [-0.39, 0.29) is 0 Å². The Bertz CT molecular complexity index is 387. The van der Waals surface area contributed by atoms with Gasteiger partial charge < -0.3 is 10.4 Å². The molecule has 0 aliphatic carbocycles. The largest absolute Gasteiger partial charge is 0.481 e. The van der Waals surface area contributed by atoms with Gasteiger partial charge in [-0.05, 0) is 0 Å². The zero-order chi connectivity index (χ0) is 10.7. The third-order valence-corrected chi connectivity index (χ3v) is 2.38. The van der Waals surface area contributed by atoms with Gasteiger partial charge in [-0.15, -0.1) is 0 Å². The van der Waals surface area contributed by atoms with E-state index in [1.807, 2.05) is 30.3 Å². The van der Waals surface area contributed by atoms with Gasteiger partial charge in [0.25, 0.3) is 0 Å². The van der Waals surface area contributed by atoms with Crippen LogP contribution in [0.2, 0.25) is 0 Å². The lowest BCUT2D eigenvalue weighted by molar-refractivity contribution is -0.141. The zero-order valence-corrected chi connectivity index (χ0v) is 8.18. The second-order valence-electron chi connectivity index (χ2n) is 3.47. The number of benzene rings is 1. The number of carboxylic acid groups (broad SMARTS) is 1. The molecule has 2 rings (SSSR count). The van der Waals surface area contributed by atoms with E-state index >= 15 is 0 Å². The molecule has 1 aliphatic heterocycles. The van der Waals surface area contributed by atoms with Crippen molar-refractivity contribution in [1.29, 1.82) is 0 Å². The number of nitrogens with zero attached hydrogens (tertiary/aromatic N) is 1. The van der Waals surface area contributed by atoms with E-state index in [2.05, 4.69) is 10.3 Å². The quantitative estimate of drug-likeness (QED) is 0.746. The first-order chi connectivity index (χ1) is 7.27. The monoisotopic (exact) mass is 204 g/mol. The Balaban J connectivity index is 2.12. The molecule has 0 amide bonds. The van der Waals surface area contributed by atoms with Crippen molar-refractivity contribution in [3.05, 3.63) is 35.9 Å². The fraction of sp³-hybridized carbons (Fsp3) is 0.273. The van der Waals surface area contributed by atoms with E-state index < -0.39 is 11.9 Å². The van der Waals surface area contributed by atoms with E-state index in [1.165, 1.54) is 0 Å². The van der Waals surface area contributed by atoms with Gasteiger partial charge in [0, 0.05) is 12.1 Å². The lowest BCUT2D eigenvalue weighted by atomic mass is 10.1. The molecule has 1 heterocycles. The summed E-state index contributed by atoms with van der Waals surface area (Å²) in [4.78, 5) is 14.9. The standard InChI is InChI=1S/C11H12N2O2/c14-11(15)9-6-12-10(13-7-9)8-4-2-1-3-5-8/h1-5,9H,6-7H2,(H,12,13)(H,14,15). The summed E-state index contributed by atoms with van der Waals surface area (Å²) < 4.78 is 0. The van der Waals surface area contributed by atoms with Crippen molar-refractivity contribution in [2.45, 2.75) is 0 Å². The molecule has 15 heavy (non-hydrogen) atoms. The highest BCUT2D eigenvalue weighted by molar-refractivity contribution is 5.99. The lowest BCUT2D eigenvalue weighted by Gasteiger charge is -2.19. The molecule has 0 unspecified atom stereocenters. The van der Waals surface area contributed by atoms with Crippen molar-refractivity contribution in [3.8, 4) is 0 Å². The van der Waals surface area contributed by atoms with Crippen molar-refractivity contribution in [3.63, 3.8) is 0 Å². The van der Waals surface area contributed by atoms with Crippen LogP contribution < -0.4 is 5.32 Å². The maximum Gasteiger partial charge on any atom is 0.310 e. The molecule has 1 atom stereocenters. The predicted molar refractivity (Wildman–Crippen MR) is 57.0 cm³/mol. The summed E-state index contributed by atoms with van der Waals surface area (Å²) in [6, 6.07) is 9.71. The van der Waals surface area contributed by atoms with Gasteiger partial charge in [0.1, 0.15) is 5.84 Å². The zero-order valence-electron chi connectivity index (χ0n) is 8.18. The van der Waals surface area contributed by atoms with Crippen LogP contribution in [-0.4, -0.2) is 30.0 Å². The number of hydrogen-bond donors (Lipinski definition) is 2. The summed E-state index contributed by atoms with van der Waals surface area (Å²) >= 11 is 0. The number of aliphatic carboxylic acids is 1. The van der Waals surface area contributed by atoms with Crippen molar-refractivity contribution in [1.82, 2.24) is 5.32 Å². The minimum atomic E-state index is -0.793. The van der Waals surface area contributed by atoms with Gasteiger partial charge in [0.05, 0.1) is 12.5 Å². The summed E-state index contributed by atoms with van der Waals surface area (Å²) in [7, 11) is 0. The van der Waals surface area contributed by atoms with Crippen LogP contribution in [-0.2, 0) is 4.79 Å². The fourth-order valence-corrected chi connectivity index (χ4v) is 1.50. The Morgan fingerprint density at radius 3 is 2.67 bits per heavy atom. The first-order valence-corrected chi connectivity index (χ1v) is 4.84. The average molecular weight is 204 g/mol. The van der Waals surface area contributed by atoms with Crippen molar-refractivity contribution in [2.24, 2.45) is 10.9 Å². The molecule has 0 fully saturated rings. The number of rotatable bonds is 2. The van der Waals surface area contributed by atoms with Gasteiger partial charge in [-0.2, -0.15) is 0 Å². The van der Waals surface area contributed by atoms with Crippen LogP contribution in [0.25, 0.3) is 0 Å². The van der Waals surface area contributed by atoms with E-state index in [0.717, 1.165) is 11.4 Å². The Hall–Kier alpha value is -1.84. The van der Waals surface area contributed by atoms with E-state index in [0.29, 0.717) is 13.1 Å². The molecule has 0 bridgehead atoms. The van der Waals surface area contributed by atoms with Gasteiger partial charge in [-0.1, -0.05) is 30.3 Å². The topological polar surface area (TPSA) is 61.7 Å². The maximum atomic E-state index is 10.7. The van der Waals surface area contributed by atoms with Crippen LogP contribution in [0.5, 0.6) is 0 Å². The number of carbonyl (C=O) groups is 1. The van der Waals surface area contributed by atoms with Crippen LogP contribution in [0, 0.1) is 5.92 Å². The molecule has 0 spiro atoms. The second kappa shape index (κ2) is 4.13. The molecule has 2 N–H and O–H groups in total. The van der Waals surface area contributed by atoms with Crippen molar-refractivity contribution >= 4 is 11.8 Å². The molecule has 1 aliphatic rings. The molecule has 4 heteroatoms. The first-order valence-electron chi connectivity index (χ1n) is 4.84. The highest BCUT2D eigenvalue weighted by atomic mass is 16.4. The van der Waals surface area contributed by atoms with Crippen LogP contribution >= 0.6 is 0 Å². The molecule has 0 aromatic heterocycles. The molecule has 4 nitrogen and oxygen atoms in total. The van der Waals surface area contributed by atoms with Gasteiger partial charge in [-0.3, -0.25) is 9.79 Å². The van der Waals surface area contributed by atoms with Crippen molar-refractivity contribution < 1.29 is 9.90 Å². The summed E-state index contributed by atoms with van der Waals surface area (Å²) in [5.41, 5.74) is 1.00. The van der Waals surface area contributed by atoms with Gasteiger partial charge in [-0.25, -0.2) is 0 Å². The van der Waals surface area contributed by atoms with Crippen LogP contribution in [0.4, 0.5) is 0 Å². The summed E-state index contributed by atoms with van der Waals surface area (Å²) in [5.74, 6) is -0.413. The Labute approximate surface area is 87.7 Å². The molecule has 78 valence electrons. The fourth-order valence-electron chi connectivity index (χ4n) is 1.50. The third-order valence-electron chi connectivity index (χ3n) is 2.38. The van der Waals surface area contributed by atoms with Crippen LogP contribution in [0.1, 0.15) is 5.56 Å². The molecule has 0 radical (unpaired) electrons. The number of carboxylic acids is 1. The molecular formula is C11H12N2O2. The normalized spacial score (nSPS) is 20.3. The van der Waals surface area contributed by atoms with Gasteiger partial charge in [0.2, 0.25) is 0 Å². The van der Waals surface area contributed by atoms with Crippen LogP contribution in [0.3, 0.4) is 0 Å². The molecule has 0 saturated heterocycles. The maximum absolute atomic E-state index is 10.7. The number of aliphatic imine (C=N–C) groups is 1. The third kappa shape index (κ3) is 2.15.